The van der Waals surface area contributed by atoms with Crippen LogP contribution in [0.2, 0.25) is 0 Å². The zero-order valence-electron chi connectivity index (χ0n) is 10.6. The van der Waals surface area contributed by atoms with Gasteiger partial charge in [-0.3, -0.25) is 0 Å². The lowest BCUT2D eigenvalue weighted by molar-refractivity contribution is 0.199. The zero-order chi connectivity index (χ0) is 12.3. The van der Waals surface area contributed by atoms with Gasteiger partial charge in [0.05, 0.1) is 6.10 Å². The summed E-state index contributed by atoms with van der Waals surface area (Å²) in [5.74, 6) is 0.985. The zero-order valence-corrected chi connectivity index (χ0v) is 10.6. The average Bonchev–Trinajstić information content (AvgIpc) is 2.39. The van der Waals surface area contributed by atoms with Gasteiger partial charge < -0.3 is 14.9 Å². The van der Waals surface area contributed by atoms with E-state index in [1.807, 2.05) is 12.1 Å². The Morgan fingerprint density at radius 1 is 1.35 bits per heavy atom. The maximum atomic E-state index is 9.57. The van der Waals surface area contributed by atoms with E-state index in [0.717, 1.165) is 44.1 Å². The highest BCUT2D eigenvalue weighted by molar-refractivity contribution is 5.42. The van der Waals surface area contributed by atoms with E-state index >= 15 is 0 Å². The van der Waals surface area contributed by atoms with Crippen molar-refractivity contribution in [3.05, 3.63) is 23.9 Å². The molecule has 1 atom stereocenters. The molecule has 1 aliphatic rings. The van der Waals surface area contributed by atoms with Crippen molar-refractivity contribution in [1.82, 2.24) is 9.88 Å². The smallest absolute Gasteiger partial charge is 0.128 e. The number of pyridine rings is 1. The Kier molecular flexibility index (Phi) is 3.97. The van der Waals surface area contributed by atoms with Crippen molar-refractivity contribution in [3.8, 4) is 0 Å². The highest BCUT2D eigenvalue weighted by Crippen LogP contribution is 2.19. The van der Waals surface area contributed by atoms with Crippen molar-refractivity contribution in [2.45, 2.75) is 20.0 Å². The van der Waals surface area contributed by atoms with Crippen molar-refractivity contribution in [2.75, 3.05) is 37.6 Å². The molecule has 17 heavy (non-hydrogen) atoms. The Morgan fingerprint density at radius 2 is 2.06 bits per heavy atom. The number of hydrogen-bond donors (Lipinski definition) is 1. The van der Waals surface area contributed by atoms with Crippen molar-refractivity contribution < 1.29 is 5.11 Å². The van der Waals surface area contributed by atoms with Crippen LogP contribution in [-0.2, 0) is 0 Å². The van der Waals surface area contributed by atoms with Gasteiger partial charge in [-0.2, -0.15) is 0 Å². The summed E-state index contributed by atoms with van der Waals surface area (Å²) in [5, 5.41) is 9.57. The fourth-order valence-electron chi connectivity index (χ4n) is 2.16. The second-order valence-corrected chi connectivity index (χ2v) is 4.54. The molecule has 2 heterocycles. The van der Waals surface area contributed by atoms with E-state index in [1.54, 1.807) is 13.1 Å². The molecular formula is C13H21N3O. The van der Waals surface area contributed by atoms with Crippen LogP contribution in [0.3, 0.4) is 0 Å². The molecule has 0 spiro atoms. The van der Waals surface area contributed by atoms with Crippen LogP contribution in [0.4, 0.5) is 5.82 Å². The Bertz CT molecular complexity index is 359. The lowest BCUT2D eigenvalue weighted by atomic mass is 10.1. The maximum Gasteiger partial charge on any atom is 0.128 e. The van der Waals surface area contributed by atoms with Gasteiger partial charge in [0.1, 0.15) is 5.82 Å². The van der Waals surface area contributed by atoms with Crippen LogP contribution >= 0.6 is 0 Å². The molecule has 1 saturated heterocycles. The van der Waals surface area contributed by atoms with E-state index in [4.69, 9.17) is 0 Å². The number of hydrogen-bond acceptors (Lipinski definition) is 4. The maximum absolute atomic E-state index is 9.57. The SMILES string of the molecule is CCN1CCN(c2cc([C@H](C)O)ccn2)CC1. The molecule has 4 heteroatoms. The second kappa shape index (κ2) is 5.47. The fraction of sp³-hybridized carbons (Fsp3) is 0.615. The van der Waals surface area contributed by atoms with Gasteiger partial charge in [0.2, 0.25) is 0 Å². The number of piperazine rings is 1. The molecule has 1 aliphatic heterocycles. The molecule has 0 bridgehead atoms. The lowest BCUT2D eigenvalue weighted by Gasteiger charge is -2.34. The number of anilines is 1. The number of nitrogens with zero attached hydrogens (tertiary/aromatic N) is 3. The Hall–Kier alpha value is -1.13. The van der Waals surface area contributed by atoms with Crippen LogP contribution < -0.4 is 4.90 Å². The summed E-state index contributed by atoms with van der Waals surface area (Å²) in [4.78, 5) is 9.12. The van der Waals surface area contributed by atoms with Gasteiger partial charge in [0.25, 0.3) is 0 Å². The molecule has 0 saturated carbocycles. The van der Waals surface area contributed by atoms with Gasteiger partial charge in [-0.25, -0.2) is 4.98 Å². The van der Waals surface area contributed by atoms with Gasteiger partial charge in [-0.1, -0.05) is 6.92 Å². The molecule has 0 aliphatic carbocycles. The van der Waals surface area contributed by atoms with E-state index in [1.165, 1.54) is 0 Å². The molecule has 1 aromatic heterocycles. The summed E-state index contributed by atoms with van der Waals surface area (Å²) in [6, 6.07) is 3.86. The molecule has 4 nitrogen and oxygen atoms in total. The monoisotopic (exact) mass is 235 g/mol. The van der Waals surface area contributed by atoms with Gasteiger partial charge >= 0.3 is 0 Å². The van der Waals surface area contributed by atoms with E-state index in [-0.39, 0.29) is 0 Å². The number of rotatable bonds is 3. The van der Waals surface area contributed by atoms with E-state index in [2.05, 4.69) is 21.7 Å². The van der Waals surface area contributed by atoms with Crippen LogP contribution in [0, 0.1) is 0 Å². The Balaban J connectivity index is 2.05. The summed E-state index contributed by atoms with van der Waals surface area (Å²) in [5.41, 5.74) is 0.938. The first kappa shape index (κ1) is 12.3. The second-order valence-electron chi connectivity index (χ2n) is 4.54. The summed E-state index contributed by atoms with van der Waals surface area (Å²) in [6.07, 6.45) is 1.36. The number of aromatic nitrogens is 1. The lowest BCUT2D eigenvalue weighted by Crippen LogP contribution is -2.46. The molecule has 2 rings (SSSR count). The minimum atomic E-state index is -0.423. The largest absolute Gasteiger partial charge is 0.389 e. The first-order chi connectivity index (χ1) is 8.20. The van der Waals surface area contributed by atoms with E-state index in [0.29, 0.717) is 0 Å². The average molecular weight is 235 g/mol. The minimum Gasteiger partial charge on any atom is -0.389 e. The van der Waals surface area contributed by atoms with Crippen molar-refractivity contribution in [1.29, 1.82) is 0 Å². The highest BCUT2D eigenvalue weighted by Gasteiger charge is 2.17. The quantitative estimate of drug-likeness (QED) is 0.856. The van der Waals surface area contributed by atoms with Gasteiger partial charge in [-0.15, -0.1) is 0 Å². The van der Waals surface area contributed by atoms with Crippen LogP contribution in [0.5, 0.6) is 0 Å². The molecule has 0 radical (unpaired) electrons. The standard InChI is InChI=1S/C13H21N3O/c1-3-15-6-8-16(9-7-15)13-10-12(11(2)17)4-5-14-13/h4-5,10-11,17H,3,6-9H2,1-2H3/t11-/m0/s1. The summed E-state index contributed by atoms with van der Waals surface area (Å²) in [6.45, 7) is 9.33. The van der Waals surface area contributed by atoms with Crippen LogP contribution in [0.25, 0.3) is 0 Å². The molecular weight excluding hydrogens is 214 g/mol. The fourth-order valence-corrected chi connectivity index (χ4v) is 2.16. The highest BCUT2D eigenvalue weighted by atomic mass is 16.3. The molecule has 0 unspecified atom stereocenters. The van der Waals surface area contributed by atoms with Crippen molar-refractivity contribution >= 4 is 5.82 Å². The number of aliphatic hydroxyl groups is 1. The molecule has 1 N–H and O–H groups in total. The third-order valence-electron chi connectivity index (χ3n) is 3.40. The first-order valence-electron chi connectivity index (χ1n) is 6.32. The van der Waals surface area contributed by atoms with E-state index in [9.17, 15) is 5.11 Å². The minimum absolute atomic E-state index is 0.423. The molecule has 0 amide bonds. The van der Waals surface area contributed by atoms with E-state index < -0.39 is 6.10 Å². The summed E-state index contributed by atoms with van der Waals surface area (Å²) >= 11 is 0. The van der Waals surface area contributed by atoms with Gasteiger partial charge in [0.15, 0.2) is 0 Å². The van der Waals surface area contributed by atoms with Crippen LogP contribution in [0.15, 0.2) is 18.3 Å². The van der Waals surface area contributed by atoms with Crippen LogP contribution in [-0.4, -0.2) is 47.7 Å². The number of likely N-dealkylation sites (N-methyl/N-ethyl adjacent to an activating group) is 1. The van der Waals surface area contributed by atoms with Crippen molar-refractivity contribution in [3.63, 3.8) is 0 Å². The topological polar surface area (TPSA) is 39.6 Å². The van der Waals surface area contributed by atoms with Crippen molar-refractivity contribution in [2.24, 2.45) is 0 Å². The third kappa shape index (κ3) is 2.96. The van der Waals surface area contributed by atoms with Gasteiger partial charge in [-0.05, 0) is 31.2 Å². The van der Waals surface area contributed by atoms with Gasteiger partial charge in [0, 0.05) is 32.4 Å². The summed E-state index contributed by atoms with van der Waals surface area (Å²) < 4.78 is 0. The first-order valence-corrected chi connectivity index (χ1v) is 6.32. The predicted octanol–water partition coefficient (Wildman–Crippen LogP) is 1.28. The molecule has 1 fully saturated rings. The number of aliphatic hydroxyl groups excluding tert-OH is 1. The van der Waals surface area contributed by atoms with Crippen LogP contribution in [0.1, 0.15) is 25.5 Å². The predicted molar refractivity (Wildman–Crippen MR) is 69.2 cm³/mol. The Labute approximate surface area is 103 Å². The normalized spacial score (nSPS) is 19.4. The molecule has 0 aromatic carbocycles. The third-order valence-corrected chi connectivity index (χ3v) is 3.40. The molecule has 1 aromatic rings. The summed E-state index contributed by atoms with van der Waals surface area (Å²) in [7, 11) is 0. The Morgan fingerprint density at radius 3 is 2.65 bits per heavy atom. The molecule has 94 valence electrons.